The third-order valence-corrected chi connectivity index (χ3v) is 4.21. The Labute approximate surface area is 141 Å². The van der Waals surface area contributed by atoms with Crippen LogP contribution in [0, 0.1) is 0 Å². The zero-order chi connectivity index (χ0) is 17.1. The summed E-state index contributed by atoms with van der Waals surface area (Å²) >= 11 is 0. The highest BCUT2D eigenvalue weighted by Crippen LogP contribution is 2.29. The summed E-state index contributed by atoms with van der Waals surface area (Å²) in [5.74, 6) is -0.287. The summed E-state index contributed by atoms with van der Waals surface area (Å²) in [5.41, 5.74) is 2.53. The van der Waals surface area contributed by atoms with Gasteiger partial charge < -0.3 is 5.32 Å². The molecule has 5 nitrogen and oxygen atoms in total. The number of amides is 2. The van der Waals surface area contributed by atoms with Crippen LogP contribution in [0.25, 0.3) is 0 Å². The number of anilines is 2. The number of rotatable bonds is 4. The summed E-state index contributed by atoms with van der Waals surface area (Å²) in [7, 11) is 0. The molecule has 0 aliphatic carbocycles. The smallest absolute Gasteiger partial charge is 0.244 e. The molecule has 0 fully saturated rings. The Bertz CT molecular complexity index is 745. The number of hydrogen-bond acceptors (Lipinski definition) is 3. The van der Waals surface area contributed by atoms with Gasteiger partial charge in [-0.15, -0.1) is 0 Å². The van der Waals surface area contributed by atoms with Gasteiger partial charge in [-0.25, -0.2) is 0 Å². The van der Waals surface area contributed by atoms with Crippen molar-refractivity contribution in [1.29, 1.82) is 0 Å². The summed E-state index contributed by atoms with van der Waals surface area (Å²) in [6, 6.07) is 17.0. The van der Waals surface area contributed by atoms with E-state index in [4.69, 9.17) is 0 Å². The molecule has 2 aromatic carbocycles. The molecule has 1 heterocycles. The number of carbonyl (C=O) groups is 2. The highest BCUT2D eigenvalue weighted by molar-refractivity contribution is 6.11. The van der Waals surface area contributed by atoms with E-state index in [1.807, 2.05) is 62.4 Å². The molecule has 0 bridgehead atoms. The lowest BCUT2D eigenvalue weighted by Crippen LogP contribution is -2.50. The zero-order valence-corrected chi connectivity index (χ0v) is 13.8. The Balaban J connectivity index is 1.75. The molecule has 1 aliphatic rings. The normalized spacial score (nSPS) is 16.1. The fraction of sp³-hybridized carbons (Fsp3) is 0.263. The molecule has 2 atom stereocenters. The minimum Gasteiger partial charge on any atom is -0.323 e. The van der Waals surface area contributed by atoms with Gasteiger partial charge in [-0.2, -0.15) is 0 Å². The Morgan fingerprint density at radius 2 is 1.75 bits per heavy atom. The van der Waals surface area contributed by atoms with Gasteiger partial charge in [0, 0.05) is 6.04 Å². The van der Waals surface area contributed by atoms with Gasteiger partial charge >= 0.3 is 0 Å². The number of carbonyl (C=O) groups excluding carboxylic acids is 2. The molecule has 0 saturated carbocycles. The van der Waals surface area contributed by atoms with E-state index in [9.17, 15) is 9.59 Å². The maximum atomic E-state index is 12.9. The number of fused-ring (bicyclic) bond motifs is 1. The van der Waals surface area contributed by atoms with Crippen molar-refractivity contribution in [3.63, 3.8) is 0 Å². The van der Waals surface area contributed by atoms with Gasteiger partial charge in [0.25, 0.3) is 0 Å². The van der Waals surface area contributed by atoms with E-state index in [0.717, 1.165) is 11.3 Å². The summed E-state index contributed by atoms with van der Waals surface area (Å²) in [4.78, 5) is 26.3. The van der Waals surface area contributed by atoms with Crippen molar-refractivity contribution in [2.24, 2.45) is 0 Å². The summed E-state index contributed by atoms with van der Waals surface area (Å²) < 4.78 is 0. The predicted octanol–water partition coefficient (Wildman–Crippen LogP) is 2.71. The van der Waals surface area contributed by atoms with E-state index < -0.39 is 6.04 Å². The van der Waals surface area contributed by atoms with Gasteiger partial charge in [-0.1, -0.05) is 42.5 Å². The van der Waals surface area contributed by atoms with E-state index in [2.05, 4.69) is 10.6 Å². The third kappa shape index (κ3) is 3.31. The first-order valence-electron chi connectivity index (χ1n) is 8.07. The van der Waals surface area contributed by atoms with Crippen molar-refractivity contribution in [3.8, 4) is 0 Å². The molecule has 0 saturated heterocycles. The van der Waals surface area contributed by atoms with Crippen molar-refractivity contribution in [1.82, 2.24) is 5.32 Å². The van der Waals surface area contributed by atoms with Gasteiger partial charge in [-0.05, 0) is 31.5 Å². The lowest BCUT2D eigenvalue weighted by atomic mass is 10.1. The first-order chi connectivity index (χ1) is 11.6. The number of nitrogens with zero attached hydrogens (tertiary/aromatic N) is 1. The standard InChI is InChI=1S/C19H21N3O2/c1-13(15-8-4-3-5-9-15)20-14(2)19(24)22-12-18(23)21-16-10-6-7-11-17(16)22/h3-11,13-14,20H,12H2,1-2H3,(H,21,23)/t13-,14-/m1/s1. The zero-order valence-electron chi connectivity index (χ0n) is 13.8. The quantitative estimate of drug-likeness (QED) is 0.909. The van der Waals surface area contributed by atoms with Crippen molar-refractivity contribution >= 4 is 23.2 Å². The minimum atomic E-state index is -0.404. The average Bonchev–Trinajstić information content (AvgIpc) is 2.61. The second kappa shape index (κ2) is 6.84. The topological polar surface area (TPSA) is 61.4 Å². The molecule has 3 rings (SSSR count). The van der Waals surface area contributed by atoms with Crippen molar-refractivity contribution in [2.75, 3.05) is 16.8 Å². The summed E-state index contributed by atoms with van der Waals surface area (Å²) in [6.07, 6.45) is 0. The van der Waals surface area contributed by atoms with Crippen LogP contribution in [0.1, 0.15) is 25.5 Å². The molecule has 0 spiro atoms. The van der Waals surface area contributed by atoms with Crippen molar-refractivity contribution < 1.29 is 9.59 Å². The fourth-order valence-corrected chi connectivity index (χ4v) is 2.95. The molecule has 2 aromatic rings. The van der Waals surface area contributed by atoms with Crippen LogP contribution in [0.5, 0.6) is 0 Å². The molecule has 2 N–H and O–H groups in total. The van der Waals surface area contributed by atoms with Crippen molar-refractivity contribution in [2.45, 2.75) is 25.9 Å². The molecule has 0 unspecified atom stereocenters. The average molecular weight is 323 g/mol. The Hall–Kier alpha value is -2.66. The van der Waals surface area contributed by atoms with Crippen LogP contribution in [0.4, 0.5) is 11.4 Å². The SMILES string of the molecule is C[C@@H](N[C@H](C)c1ccccc1)C(=O)N1CC(=O)Nc2ccccc21. The third-order valence-electron chi connectivity index (χ3n) is 4.21. The van der Waals surface area contributed by atoms with Crippen LogP contribution in [-0.4, -0.2) is 24.4 Å². The molecule has 24 heavy (non-hydrogen) atoms. The number of para-hydroxylation sites is 2. The van der Waals surface area contributed by atoms with E-state index >= 15 is 0 Å². The van der Waals surface area contributed by atoms with Gasteiger partial charge in [-0.3, -0.25) is 19.8 Å². The molecular weight excluding hydrogens is 302 g/mol. The van der Waals surface area contributed by atoms with E-state index in [0.29, 0.717) is 5.69 Å². The monoisotopic (exact) mass is 323 g/mol. The van der Waals surface area contributed by atoms with Crippen LogP contribution in [0.2, 0.25) is 0 Å². The Kier molecular flexibility index (Phi) is 4.62. The Morgan fingerprint density at radius 1 is 1.08 bits per heavy atom. The summed E-state index contributed by atoms with van der Waals surface area (Å²) in [6.45, 7) is 3.90. The number of benzene rings is 2. The van der Waals surface area contributed by atoms with Crippen LogP contribution in [0.3, 0.4) is 0 Å². The van der Waals surface area contributed by atoms with Crippen molar-refractivity contribution in [3.05, 3.63) is 60.2 Å². The van der Waals surface area contributed by atoms with Crippen LogP contribution < -0.4 is 15.5 Å². The second-order valence-corrected chi connectivity index (χ2v) is 6.01. The maximum absolute atomic E-state index is 12.9. The van der Waals surface area contributed by atoms with E-state index in [1.54, 1.807) is 11.0 Å². The second-order valence-electron chi connectivity index (χ2n) is 6.01. The molecule has 1 aliphatic heterocycles. The first kappa shape index (κ1) is 16.2. The fourth-order valence-electron chi connectivity index (χ4n) is 2.95. The maximum Gasteiger partial charge on any atom is 0.244 e. The minimum absolute atomic E-state index is 0.0408. The molecule has 2 amide bonds. The van der Waals surface area contributed by atoms with E-state index in [1.165, 1.54) is 0 Å². The lowest BCUT2D eigenvalue weighted by Gasteiger charge is -2.32. The molecule has 0 aromatic heterocycles. The molecule has 5 heteroatoms. The summed E-state index contributed by atoms with van der Waals surface area (Å²) in [5, 5.41) is 6.11. The predicted molar refractivity (Wildman–Crippen MR) is 94.9 cm³/mol. The Morgan fingerprint density at radius 3 is 2.50 bits per heavy atom. The van der Waals surface area contributed by atoms with Gasteiger partial charge in [0.2, 0.25) is 11.8 Å². The highest BCUT2D eigenvalue weighted by atomic mass is 16.2. The van der Waals surface area contributed by atoms with Gasteiger partial charge in [0.1, 0.15) is 6.54 Å². The van der Waals surface area contributed by atoms with Crippen LogP contribution >= 0.6 is 0 Å². The number of hydrogen-bond donors (Lipinski definition) is 2. The molecule has 124 valence electrons. The highest BCUT2D eigenvalue weighted by Gasteiger charge is 2.30. The first-order valence-corrected chi connectivity index (χ1v) is 8.07. The number of nitrogens with one attached hydrogen (secondary N) is 2. The van der Waals surface area contributed by atoms with Crippen LogP contribution in [-0.2, 0) is 9.59 Å². The largest absolute Gasteiger partial charge is 0.323 e. The van der Waals surface area contributed by atoms with Gasteiger partial charge in [0.05, 0.1) is 17.4 Å². The molecular formula is C19H21N3O2. The lowest BCUT2D eigenvalue weighted by molar-refractivity contribution is -0.123. The molecule has 0 radical (unpaired) electrons. The van der Waals surface area contributed by atoms with Gasteiger partial charge in [0.15, 0.2) is 0 Å². The van der Waals surface area contributed by atoms with E-state index in [-0.39, 0.29) is 24.4 Å². The van der Waals surface area contributed by atoms with Crippen LogP contribution in [0.15, 0.2) is 54.6 Å².